The lowest BCUT2D eigenvalue weighted by Gasteiger charge is -2.36. The van der Waals surface area contributed by atoms with Gasteiger partial charge in [0, 0.05) is 13.6 Å². The molecule has 2 atom stereocenters. The lowest BCUT2D eigenvalue weighted by atomic mass is 10.1. The summed E-state index contributed by atoms with van der Waals surface area (Å²) < 4.78 is 0. The Bertz CT molecular complexity index is 554. The van der Waals surface area contributed by atoms with E-state index in [-0.39, 0.29) is 11.7 Å². The van der Waals surface area contributed by atoms with Crippen LogP contribution in [0.3, 0.4) is 0 Å². The number of nitrogens with two attached hydrogens (primary N) is 1. The second kappa shape index (κ2) is 9.07. The second-order valence-electron chi connectivity index (χ2n) is 6.39. The summed E-state index contributed by atoms with van der Waals surface area (Å²) in [6.45, 7) is 2.86. The number of hydrogen-bond donors (Lipinski definition) is 2. The maximum atomic E-state index is 12.3. The van der Waals surface area contributed by atoms with Gasteiger partial charge in [-0.1, -0.05) is 50.8 Å². The van der Waals surface area contributed by atoms with E-state index in [9.17, 15) is 14.4 Å². The molecular weight excluding hydrogens is 342 g/mol. The van der Waals surface area contributed by atoms with Gasteiger partial charge in [-0.15, -0.1) is 0 Å². The Morgan fingerprint density at radius 3 is 2.60 bits per heavy atom. The predicted molar refractivity (Wildman–Crippen MR) is 98.0 cm³/mol. The first-order valence-corrected chi connectivity index (χ1v) is 9.77. The number of imide groups is 1. The van der Waals surface area contributed by atoms with Crippen LogP contribution in [0.4, 0.5) is 4.79 Å². The molecule has 140 valence electrons. The Kier molecular flexibility index (Phi) is 7.10. The number of primary amides is 1. The zero-order valence-electron chi connectivity index (χ0n) is 14.9. The highest BCUT2D eigenvalue weighted by Gasteiger charge is 2.48. The van der Waals surface area contributed by atoms with Crippen molar-refractivity contribution in [3.8, 4) is 0 Å². The van der Waals surface area contributed by atoms with Gasteiger partial charge in [0.05, 0.1) is 5.75 Å². The molecule has 3 N–H and O–H groups in total. The number of rotatable bonds is 9. The zero-order chi connectivity index (χ0) is 18.4. The number of amidine groups is 1. The van der Waals surface area contributed by atoms with Crippen molar-refractivity contribution in [3.05, 3.63) is 0 Å². The molecule has 0 saturated carbocycles. The minimum Gasteiger partial charge on any atom is -0.369 e. The third kappa shape index (κ3) is 4.87. The van der Waals surface area contributed by atoms with Crippen molar-refractivity contribution in [1.82, 2.24) is 15.1 Å². The topological polar surface area (TPSA) is 108 Å². The quantitative estimate of drug-likeness (QED) is 0.592. The van der Waals surface area contributed by atoms with Crippen molar-refractivity contribution >= 4 is 34.8 Å². The molecule has 1 saturated heterocycles. The van der Waals surface area contributed by atoms with Gasteiger partial charge in [-0.25, -0.2) is 9.79 Å². The fourth-order valence-corrected chi connectivity index (χ4v) is 3.88. The highest BCUT2D eigenvalue weighted by atomic mass is 32.2. The molecule has 2 rings (SSSR count). The molecule has 2 aliphatic rings. The fourth-order valence-electron chi connectivity index (χ4n) is 3.05. The minimum absolute atomic E-state index is 0.102. The first kappa shape index (κ1) is 19.6. The molecule has 4 amide bonds. The maximum Gasteiger partial charge on any atom is 0.325 e. The standard InChI is InChI=1S/C16H27N5O3S/c1-3-4-5-6-7-8-9-21-12-13(18-16(21)25-10-11(17)22)20(2)15(24)19-14(12)23/h12-13H,3-10H2,1-2H3,(H2,17,22)(H,19,23,24). The van der Waals surface area contributed by atoms with Crippen molar-refractivity contribution < 1.29 is 14.4 Å². The van der Waals surface area contributed by atoms with E-state index in [0.717, 1.165) is 12.8 Å². The number of carbonyl (C=O) groups is 3. The van der Waals surface area contributed by atoms with Crippen LogP contribution < -0.4 is 11.1 Å². The number of nitrogens with zero attached hydrogens (tertiary/aromatic N) is 3. The van der Waals surface area contributed by atoms with Crippen LogP contribution in [0, 0.1) is 0 Å². The van der Waals surface area contributed by atoms with Crippen LogP contribution in [0.2, 0.25) is 0 Å². The maximum absolute atomic E-state index is 12.3. The molecule has 0 spiro atoms. The third-order valence-electron chi connectivity index (χ3n) is 4.42. The fraction of sp³-hybridized carbons (Fsp3) is 0.750. The average molecular weight is 369 g/mol. The summed E-state index contributed by atoms with van der Waals surface area (Å²) in [6.07, 6.45) is 6.31. The molecule has 1 fully saturated rings. The number of likely N-dealkylation sites (N-methyl/N-ethyl adjacent to an activating group) is 1. The monoisotopic (exact) mass is 369 g/mol. The van der Waals surface area contributed by atoms with Crippen LogP contribution in [-0.4, -0.2) is 64.4 Å². The smallest absolute Gasteiger partial charge is 0.325 e. The van der Waals surface area contributed by atoms with Gasteiger partial charge in [-0.3, -0.25) is 14.9 Å². The Morgan fingerprint density at radius 1 is 1.24 bits per heavy atom. The van der Waals surface area contributed by atoms with E-state index >= 15 is 0 Å². The van der Waals surface area contributed by atoms with E-state index in [1.807, 2.05) is 4.90 Å². The number of fused-ring (bicyclic) bond motifs is 1. The summed E-state index contributed by atoms with van der Waals surface area (Å²) in [4.78, 5) is 43.1. The molecular formula is C16H27N5O3S. The highest BCUT2D eigenvalue weighted by molar-refractivity contribution is 8.14. The summed E-state index contributed by atoms with van der Waals surface area (Å²) in [5.41, 5.74) is 5.23. The van der Waals surface area contributed by atoms with E-state index in [4.69, 9.17) is 5.73 Å². The SMILES string of the molecule is CCCCCCCCN1C(SCC(N)=O)=NC2C1C(=O)NC(=O)N2C. The van der Waals surface area contributed by atoms with Gasteiger partial charge >= 0.3 is 6.03 Å². The van der Waals surface area contributed by atoms with Crippen molar-refractivity contribution in [3.63, 3.8) is 0 Å². The van der Waals surface area contributed by atoms with Gasteiger partial charge < -0.3 is 15.5 Å². The molecule has 2 aliphatic heterocycles. The summed E-state index contributed by atoms with van der Waals surface area (Å²) in [7, 11) is 1.62. The molecule has 8 nitrogen and oxygen atoms in total. The van der Waals surface area contributed by atoms with E-state index < -0.39 is 24.1 Å². The number of hydrogen-bond acceptors (Lipinski definition) is 6. The summed E-state index contributed by atoms with van der Waals surface area (Å²) >= 11 is 1.23. The van der Waals surface area contributed by atoms with E-state index in [1.54, 1.807) is 7.05 Å². The van der Waals surface area contributed by atoms with Gasteiger partial charge in [0.25, 0.3) is 5.91 Å². The summed E-state index contributed by atoms with van der Waals surface area (Å²) in [5, 5.41) is 2.98. The van der Waals surface area contributed by atoms with Crippen LogP contribution in [0.5, 0.6) is 0 Å². The molecule has 0 radical (unpaired) electrons. The Morgan fingerprint density at radius 2 is 1.92 bits per heavy atom. The molecule has 0 aromatic rings. The van der Waals surface area contributed by atoms with Crippen molar-refractivity contribution in [2.45, 2.75) is 57.7 Å². The molecule has 0 aromatic carbocycles. The Labute approximate surface area is 152 Å². The van der Waals surface area contributed by atoms with Crippen molar-refractivity contribution in [2.24, 2.45) is 10.7 Å². The van der Waals surface area contributed by atoms with Crippen LogP contribution in [0.1, 0.15) is 45.4 Å². The molecule has 2 heterocycles. The van der Waals surface area contributed by atoms with Crippen LogP contribution in [0.25, 0.3) is 0 Å². The molecule has 9 heteroatoms. The number of amides is 4. The Balaban J connectivity index is 2.01. The van der Waals surface area contributed by atoms with Crippen molar-refractivity contribution in [2.75, 3.05) is 19.3 Å². The van der Waals surface area contributed by atoms with E-state index in [0.29, 0.717) is 11.7 Å². The number of aliphatic imine (C=N–C) groups is 1. The van der Waals surface area contributed by atoms with Gasteiger partial charge in [-0.05, 0) is 6.42 Å². The van der Waals surface area contributed by atoms with E-state index in [1.165, 1.54) is 42.3 Å². The molecule has 2 unspecified atom stereocenters. The summed E-state index contributed by atoms with van der Waals surface area (Å²) in [5.74, 6) is -0.668. The first-order valence-electron chi connectivity index (χ1n) is 8.79. The van der Waals surface area contributed by atoms with Crippen LogP contribution in [0.15, 0.2) is 4.99 Å². The van der Waals surface area contributed by atoms with Gasteiger partial charge in [-0.2, -0.15) is 0 Å². The second-order valence-corrected chi connectivity index (χ2v) is 7.33. The largest absolute Gasteiger partial charge is 0.369 e. The number of urea groups is 1. The lowest BCUT2D eigenvalue weighted by Crippen LogP contribution is -2.63. The normalized spacial score (nSPS) is 22.7. The van der Waals surface area contributed by atoms with Gasteiger partial charge in [0.2, 0.25) is 5.91 Å². The summed E-state index contributed by atoms with van der Waals surface area (Å²) in [6, 6.07) is -0.982. The molecule has 0 aliphatic carbocycles. The minimum atomic E-state index is -0.545. The van der Waals surface area contributed by atoms with E-state index in [2.05, 4.69) is 17.2 Å². The molecule has 25 heavy (non-hydrogen) atoms. The van der Waals surface area contributed by atoms with Crippen LogP contribution in [-0.2, 0) is 9.59 Å². The van der Waals surface area contributed by atoms with Gasteiger partial charge in [0.15, 0.2) is 17.4 Å². The third-order valence-corrected chi connectivity index (χ3v) is 5.45. The lowest BCUT2D eigenvalue weighted by molar-refractivity contribution is -0.127. The van der Waals surface area contributed by atoms with Gasteiger partial charge in [0.1, 0.15) is 0 Å². The number of thioether (sulfide) groups is 1. The number of carbonyl (C=O) groups excluding carboxylic acids is 3. The first-order chi connectivity index (χ1) is 12.0. The average Bonchev–Trinajstić information content (AvgIpc) is 2.93. The molecule has 0 aromatic heterocycles. The van der Waals surface area contributed by atoms with Crippen LogP contribution >= 0.6 is 11.8 Å². The zero-order valence-corrected chi connectivity index (χ0v) is 15.7. The molecule has 0 bridgehead atoms. The number of nitrogens with one attached hydrogen (secondary N) is 1. The highest BCUT2D eigenvalue weighted by Crippen LogP contribution is 2.28. The predicted octanol–water partition coefficient (Wildman–Crippen LogP) is 1.11. The number of unbranched alkanes of at least 4 members (excludes halogenated alkanes) is 5. The Hall–Kier alpha value is -1.77. The van der Waals surface area contributed by atoms with Crippen molar-refractivity contribution in [1.29, 1.82) is 0 Å².